The lowest BCUT2D eigenvalue weighted by atomic mass is 10.2. The third-order valence-electron chi connectivity index (χ3n) is 2.03. The summed E-state index contributed by atoms with van der Waals surface area (Å²) in [6, 6.07) is 2.26. The molecule has 6 heteroatoms. The fourth-order valence-corrected chi connectivity index (χ4v) is 1.56. The van der Waals surface area contributed by atoms with E-state index in [1.807, 2.05) is 13.8 Å². The van der Waals surface area contributed by atoms with Gasteiger partial charge in [-0.2, -0.15) is 4.39 Å². The summed E-state index contributed by atoms with van der Waals surface area (Å²) in [5, 5.41) is 2.61. The Morgan fingerprint density at radius 1 is 1.44 bits per heavy atom. The van der Waals surface area contributed by atoms with Crippen molar-refractivity contribution in [1.82, 2.24) is 5.32 Å². The Morgan fingerprint density at radius 2 is 2.11 bits per heavy atom. The van der Waals surface area contributed by atoms with E-state index < -0.39 is 11.6 Å². The number of hydrogen-bond acceptors (Lipinski definition) is 2. The van der Waals surface area contributed by atoms with Crippen molar-refractivity contribution in [1.29, 1.82) is 0 Å². The van der Waals surface area contributed by atoms with Crippen LogP contribution in [0.4, 0.5) is 8.78 Å². The second-order valence-electron chi connectivity index (χ2n) is 4.19. The maximum Gasteiger partial charge on any atom is 0.257 e. The molecule has 0 heterocycles. The number of amides is 1. The molecular formula is C12H14BrF2NO2. The lowest BCUT2D eigenvalue weighted by Gasteiger charge is -2.10. The number of ether oxygens (including phenoxy) is 1. The second-order valence-corrected chi connectivity index (χ2v) is 5.10. The molecule has 1 amide bonds. The summed E-state index contributed by atoms with van der Waals surface area (Å²) in [4.78, 5) is 11.3. The van der Waals surface area contributed by atoms with Crippen LogP contribution in [0.1, 0.15) is 13.8 Å². The van der Waals surface area contributed by atoms with Crippen molar-refractivity contribution in [3.05, 3.63) is 28.2 Å². The first-order valence-electron chi connectivity index (χ1n) is 5.44. The van der Waals surface area contributed by atoms with Gasteiger partial charge < -0.3 is 10.1 Å². The van der Waals surface area contributed by atoms with Crippen molar-refractivity contribution < 1.29 is 18.3 Å². The van der Waals surface area contributed by atoms with E-state index in [1.54, 1.807) is 0 Å². The van der Waals surface area contributed by atoms with Crippen LogP contribution in [0.5, 0.6) is 5.75 Å². The van der Waals surface area contributed by atoms with Gasteiger partial charge in [0.15, 0.2) is 18.2 Å². The molecule has 0 aliphatic carbocycles. The maximum absolute atomic E-state index is 13.3. The van der Waals surface area contributed by atoms with Gasteiger partial charge in [-0.1, -0.05) is 29.8 Å². The van der Waals surface area contributed by atoms with Gasteiger partial charge in [0.1, 0.15) is 0 Å². The average molecular weight is 322 g/mol. The maximum atomic E-state index is 13.3. The number of carbonyl (C=O) groups excluding carboxylic acids is 1. The third kappa shape index (κ3) is 4.60. The van der Waals surface area contributed by atoms with E-state index in [-0.39, 0.29) is 18.3 Å². The molecule has 100 valence electrons. The smallest absolute Gasteiger partial charge is 0.257 e. The fraction of sp³-hybridized carbons (Fsp3) is 0.417. The zero-order valence-corrected chi connectivity index (χ0v) is 11.7. The largest absolute Gasteiger partial charge is 0.481 e. The third-order valence-corrected chi connectivity index (χ3v) is 2.48. The summed E-state index contributed by atoms with van der Waals surface area (Å²) >= 11 is 3.02. The molecule has 1 aromatic rings. The molecule has 0 unspecified atom stereocenters. The molecule has 1 aromatic carbocycles. The highest BCUT2D eigenvalue weighted by Crippen LogP contribution is 2.25. The Kier molecular flexibility index (Phi) is 5.53. The summed E-state index contributed by atoms with van der Waals surface area (Å²) in [5.41, 5.74) is 0. The van der Waals surface area contributed by atoms with Gasteiger partial charge in [-0.3, -0.25) is 4.79 Å². The van der Waals surface area contributed by atoms with Gasteiger partial charge in [-0.25, -0.2) is 4.39 Å². The quantitative estimate of drug-likeness (QED) is 0.847. The molecule has 1 N–H and O–H groups in total. The minimum Gasteiger partial charge on any atom is -0.481 e. The minimum atomic E-state index is -1.10. The average Bonchev–Trinajstić information content (AvgIpc) is 2.29. The van der Waals surface area contributed by atoms with Crippen LogP contribution in [-0.4, -0.2) is 19.1 Å². The molecule has 0 bridgehead atoms. The van der Waals surface area contributed by atoms with Gasteiger partial charge in [-0.15, -0.1) is 0 Å². The van der Waals surface area contributed by atoms with Crippen LogP contribution in [0.15, 0.2) is 16.6 Å². The Bertz CT molecular complexity index is 438. The van der Waals surface area contributed by atoms with Gasteiger partial charge in [-0.05, 0) is 18.1 Å². The molecular weight excluding hydrogens is 308 g/mol. The molecule has 0 spiro atoms. The highest BCUT2D eigenvalue weighted by atomic mass is 79.9. The highest BCUT2D eigenvalue weighted by Gasteiger charge is 2.12. The zero-order valence-electron chi connectivity index (χ0n) is 10.1. The summed E-state index contributed by atoms with van der Waals surface area (Å²) in [6.07, 6.45) is 0. The lowest BCUT2D eigenvalue weighted by molar-refractivity contribution is -0.123. The van der Waals surface area contributed by atoms with Crippen molar-refractivity contribution in [3.63, 3.8) is 0 Å². The molecule has 0 aliphatic heterocycles. The normalized spacial score (nSPS) is 10.6. The van der Waals surface area contributed by atoms with E-state index in [9.17, 15) is 13.6 Å². The monoisotopic (exact) mass is 321 g/mol. The number of nitrogens with one attached hydrogen (secondary N) is 1. The standard InChI is InChI=1S/C12H14BrF2NO2/c1-7(2)5-16-11(17)6-18-10-4-8(13)3-9(14)12(10)15/h3-4,7H,5-6H2,1-2H3,(H,16,17). The molecule has 1 rings (SSSR count). The lowest BCUT2D eigenvalue weighted by Crippen LogP contribution is -2.31. The van der Waals surface area contributed by atoms with Crippen LogP contribution >= 0.6 is 15.9 Å². The van der Waals surface area contributed by atoms with Crippen molar-refractivity contribution in [2.75, 3.05) is 13.2 Å². The predicted molar refractivity (Wildman–Crippen MR) is 67.4 cm³/mol. The van der Waals surface area contributed by atoms with Crippen molar-refractivity contribution in [2.24, 2.45) is 5.92 Å². The van der Waals surface area contributed by atoms with E-state index in [4.69, 9.17) is 4.74 Å². The Hall–Kier alpha value is -1.17. The fourth-order valence-electron chi connectivity index (χ4n) is 1.15. The first kappa shape index (κ1) is 14.9. The van der Waals surface area contributed by atoms with Crippen molar-refractivity contribution in [3.8, 4) is 5.75 Å². The molecule has 18 heavy (non-hydrogen) atoms. The van der Waals surface area contributed by atoms with Gasteiger partial charge in [0, 0.05) is 11.0 Å². The number of halogens is 3. The molecule has 0 atom stereocenters. The van der Waals surface area contributed by atoms with Gasteiger partial charge in [0.05, 0.1) is 0 Å². The van der Waals surface area contributed by atoms with Gasteiger partial charge in [0.25, 0.3) is 5.91 Å². The van der Waals surface area contributed by atoms with E-state index in [0.29, 0.717) is 16.9 Å². The molecule has 0 aromatic heterocycles. The second kappa shape index (κ2) is 6.68. The van der Waals surface area contributed by atoms with Gasteiger partial charge >= 0.3 is 0 Å². The topological polar surface area (TPSA) is 38.3 Å². The van der Waals surface area contributed by atoms with Crippen LogP contribution in [-0.2, 0) is 4.79 Å². The highest BCUT2D eigenvalue weighted by molar-refractivity contribution is 9.10. The van der Waals surface area contributed by atoms with E-state index in [1.165, 1.54) is 6.07 Å². The van der Waals surface area contributed by atoms with Crippen molar-refractivity contribution >= 4 is 21.8 Å². The molecule has 0 fully saturated rings. The Balaban J connectivity index is 2.56. The first-order chi connectivity index (χ1) is 8.40. The molecule has 0 saturated carbocycles. The van der Waals surface area contributed by atoms with E-state index in [0.717, 1.165) is 6.07 Å². The number of benzene rings is 1. The SMILES string of the molecule is CC(C)CNC(=O)COc1cc(Br)cc(F)c1F. The molecule has 0 aliphatic rings. The van der Waals surface area contributed by atoms with Gasteiger partial charge in [0.2, 0.25) is 5.82 Å². The summed E-state index contributed by atoms with van der Waals surface area (Å²) in [5.74, 6) is -2.48. The summed E-state index contributed by atoms with van der Waals surface area (Å²) in [7, 11) is 0. The van der Waals surface area contributed by atoms with E-state index >= 15 is 0 Å². The van der Waals surface area contributed by atoms with Crippen LogP contribution in [0.25, 0.3) is 0 Å². The Labute approximate surface area is 113 Å². The number of hydrogen-bond donors (Lipinski definition) is 1. The zero-order chi connectivity index (χ0) is 13.7. The van der Waals surface area contributed by atoms with Crippen LogP contribution in [0.3, 0.4) is 0 Å². The predicted octanol–water partition coefficient (Wildman–Crippen LogP) is 2.88. The Morgan fingerprint density at radius 3 is 2.72 bits per heavy atom. The first-order valence-corrected chi connectivity index (χ1v) is 6.23. The summed E-state index contributed by atoms with van der Waals surface area (Å²) < 4.78 is 31.6. The molecule has 3 nitrogen and oxygen atoms in total. The van der Waals surface area contributed by atoms with E-state index in [2.05, 4.69) is 21.2 Å². The molecule has 0 radical (unpaired) electrons. The van der Waals surface area contributed by atoms with Crippen molar-refractivity contribution in [2.45, 2.75) is 13.8 Å². The molecule has 0 saturated heterocycles. The van der Waals surface area contributed by atoms with Crippen LogP contribution in [0.2, 0.25) is 0 Å². The van der Waals surface area contributed by atoms with Crippen LogP contribution in [0, 0.1) is 17.6 Å². The number of carbonyl (C=O) groups is 1. The summed E-state index contributed by atoms with van der Waals surface area (Å²) in [6.45, 7) is 4.06. The van der Waals surface area contributed by atoms with Crippen LogP contribution < -0.4 is 10.1 Å². The minimum absolute atomic E-state index is 0.290. The number of rotatable bonds is 5.